The van der Waals surface area contributed by atoms with Gasteiger partial charge in [0, 0.05) is 48.4 Å². The van der Waals surface area contributed by atoms with Crippen molar-refractivity contribution in [1.82, 2.24) is 14.8 Å². The quantitative estimate of drug-likeness (QED) is 0.646. The molecule has 1 aliphatic rings. The highest BCUT2D eigenvalue weighted by Crippen LogP contribution is 2.23. The lowest BCUT2D eigenvalue weighted by Crippen LogP contribution is -2.44. The second kappa shape index (κ2) is 9.06. The molecule has 31 heavy (non-hydrogen) atoms. The minimum Gasteiger partial charge on any atom is -0.497 e. The van der Waals surface area contributed by atoms with Crippen molar-refractivity contribution in [3.8, 4) is 5.75 Å². The van der Waals surface area contributed by atoms with Gasteiger partial charge < -0.3 is 24.3 Å². The number of carbonyl (C=O) groups is 2. The maximum absolute atomic E-state index is 13.3. The van der Waals surface area contributed by atoms with Gasteiger partial charge in [0.2, 0.25) is 0 Å². The fraction of sp³-hybridized carbons (Fsp3) is 0.250. The third-order valence-electron chi connectivity index (χ3n) is 5.36. The minimum atomic E-state index is -0.351. The molecule has 7 heteroatoms. The Hall–Kier alpha value is -3.58. The standard InChI is InChI=1S/C24H25N3O4/c1-26-16-18(20-5-3-4-6-22(20)26)15-21(24(29)27-11-13-31-14-12-27)25-23(28)17-7-9-19(30-2)10-8-17/h3-10,15-16H,11-14H2,1-2H3,(H,25,28)/b21-15-. The van der Waals surface area contributed by atoms with E-state index in [1.165, 1.54) is 0 Å². The van der Waals surface area contributed by atoms with Crippen molar-refractivity contribution >= 4 is 28.8 Å². The van der Waals surface area contributed by atoms with Crippen molar-refractivity contribution in [3.05, 3.63) is 71.6 Å². The number of hydrogen-bond donors (Lipinski definition) is 1. The van der Waals surface area contributed by atoms with Gasteiger partial charge >= 0.3 is 0 Å². The molecule has 0 unspecified atom stereocenters. The Balaban J connectivity index is 1.69. The summed E-state index contributed by atoms with van der Waals surface area (Å²) in [5.41, 5.74) is 2.59. The average Bonchev–Trinajstić information content (AvgIpc) is 3.14. The second-order valence-corrected chi connectivity index (χ2v) is 7.36. The molecule has 3 aromatic rings. The molecule has 1 fully saturated rings. The number of aromatic nitrogens is 1. The molecule has 2 aromatic carbocycles. The number of nitrogens with zero attached hydrogens (tertiary/aromatic N) is 2. The van der Waals surface area contributed by atoms with Crippen LogP contribution in [0, 0.1) is 0 Å². The summed E-state index contributed by atoms with van der Waals surface area (Å²) in [5.74, 6) is 0.0845. The Morgan fingerprint density at radius 2 is 1.77 bits per heavy atom. The molecule has 7 nitrogen and oxygen atoms in total. The van der Waals surface area contributed by atoms with Gasteiger partial charge in [-0.25, -0.2) is 0 Å². The molecule has 0 spiro atoms. The van der Waals surface area contributed by atoms with E-state index < -0.39 is 0 Å². The van der Waals surface area contributed by atoms with Crippen LogP contribution in [0.5, 0.6) is 5.75 Å². The Morgan fingerprint density at radius 3 is 2.48 bits per heavy atom. The van der Waals surface area contributed by atoms with Crippen LogP contribution >= 0.6 is 0 Å². The highest BCUT2D eigenvalue weighted by Gasteiger charge is 2.23. The third kappa shape index (κ3) is 4.46. The summed E-state index contributed by atoms with van der Waals surface area (Å²) in [6.07, 6.45) is 3.71. The summed E-state index contributed by atoms with van der Waals surface area (Å²) in [4.78, 5) is 27.9. The lowest BCUT2D eigenvalue weighted by atomic mass is 10.1. The highest BCUT2D eigenvalue weighted by atomic mass is 16.5. The Bertz CT molecular complexity index is 1130. The van der Waals surface area contributed by atoms with Gasteiger partial charge in [-0.1, -0.05) is 18.2 Å². The molecule has 0 radical (unpaired) electrons. The molecule has 2 amide bonds. The van der Waals surface area contributed by atoms with Gasteiger partial charge in [-0.2, -0.15) is 0 Å². The zero-order chi connectivity index (χ0) is 21.8. The van der Waals surface area contributed by atoms with Crippen molar-refractivity contribution in [2.45, 2.75) is 0 Å². The first-order valence-electron chi connectivity index (χ1n) is 10.1. The number of methoxy groups -OCH3 is 1. The summed E-state index contributed by atoms with van der Waals surface area (Å²) in [5, 5.41) is 3.84. The maximum atomic E-state index is 13.3. The molecule has 1 N–H and O–H groups in total. The minimum absolute atomic E-state index is 0.224. The van der Waals surface area contributed by atoms with Gasteiger partial charge in [0.25, 0.3) is 11.8 Å². The number of rotatable bonds is 5. The van der Waals surface area contributed by atoms with Crippen molar-refractivity contribution < 1.29 is 19.1 Å². The van der Waals surface area contributed by atoms with Crippen molar-refractivity contribution in [2.24, 2.45) is 7.05 Å². The molecule has 1 saturated heterocycles. The second-order valence-electron chi connectivity index (χ2n) is 7.36. The predicted molar refractivity (Wildman–Crippen MR) is 119 cm³/mol. The fourth-order valence-electron chi connectivity index (χ4n) is 3.67. The summed E-state index contributed by atoms with van der Waals surface area (Å²) >= 11 is 0. The van der Waals surface area contributed by atoms with Crippen LogP contribution in [-0.2, 0) is 16.6 Å². The summed E-state index contributed by atoms with van der Waals surface area (Å²) in [6, 6.07) is 14.7. The Morgan fingerprint density at radius 1 is 1.06 bits per heavy atom. The summed E-state index contributed by atoms with van der Waals surface area (Å²) in [7, 11) is 3.53. The first-order chi connectivity index (χ1) is 15.1. The van der Waals surface area contributed by atoms with E-state index in [0.717, 1.165) is 16.5 Å². The Kier molecular flexibility index (Phi) is 6.04. The zero-order valence-electron chi connectivity index (χ0n) is 17.6. The number of fused-ring (bicyclic) bond motifs is 1. The van der Waals surface area contributed by atoms with E-state index in [9.17, 15) is 9.59 Å². The molecule has 1 aliphatic heterocycles. The maximum Gasteiger partial charge on any atom is 0.270 e. The van der Waals surface area contributed by atoms with Crippen molar-refractivity contribution in [2.75, 3.05) is 33.4 Å². The molecular weight excluding hydrogens is 394 g/mol. The largest absolute Gasteiger partial charge is 0.497 e. The number of ether oxygens (including phenoxy) is 2. The van der Waals surface area contributed by atoms with E-state index in [1.807, 2.05) is 42.1 Å². The number of para-hydroxylation sites is 1. The van der Waals surface area contributed by atoms with Gasteiger partial charge in [-0.3, -0.25) is 9.59 Å². The molecule has 2 heterocycles. The van der Waals surface area contributed by atoms with E-state index in [-0.39, 0.29) is 17.5 Å². The highest BCUT2D eigenvalue weighted by molar-refractivity contribution is 6.06. The van der Waals surface area contributed by atoms with Crippen LogP contribution < -0.4 is 10.1 Å². The van der Waals surface area contributed by atoms with Gasteiger partial charge in [0.15, 0.2) is 0 Å². The number of carbonyl (C=O) groups excluding carboxylic acids is 2. The van der Waals surface area contributed by atoms with Gasteiger partial charge in [-0.15, -0.1) is 0 Å². The van der Waals surface area contributed by atoms with Gasteiger partial charge in [-0.05, 0) is 36.4 Å². The van der Waals surface area contributed by atoms with Crippen LogP contribution in [0.2, 0.25) is 0 Å². The SMILES string of the molecule is COc1ccc(C(=O)N/C(=C\c2cn(C)c3ccccc23)C(=O)N2CCOCC2)cc1. The van der Waals surface area contributed by atoms with Gasteiger partial charge in [0.05, 0.1) is 20.3 Å². The van der Waals surface area contributed by atoms with Gasteiger partial charge in [0.1, 0.15) is 11.4 Å². The van der Waals surface area contributed by atoms with Crippen LogP contribution in [0.4, 0.5) is 0 Å². The summed E-state index contributed by atoms with van der Waals surface area (Å²) < 4.78 is 12.5. The van der Waals surface area contributed by atoms with E-state index in [1.54, 1.807) is 42.4 Å². The normalized spacial score (nSPS) is 14.5. The van der Waals surface area contributed by atoms with Crippen LogP contribution in [0.25, 0.3) is 17.0 Å². The molecule has 0 saturated carbocycles. The zero-order valence-corrected chi connectivity index (χ0v) is 17.6. The molecule has 4 rings (SSSR count). The number of nitrogens with one attached hydrogen (secondary N) is 1. The molecule has 160 valence electrons. The molecular formula is C24H25N3O4. The smallest absolute Gasteiger partial charge is 0.270 e. The number of benzene rings is 2. The van der Waals surface area contributed by atoms with E-state index in [2.05, 4.69) is 5.32 Å². The average molecular weight is 419 g/mol. The van der Waals surface area contributed by atoms with Crippen molar-refractivity contribution in [3.63, 3.8) is 0 Å². The van der Waals surface area contributed by atoms with Crippen LogP contribution in [0.3, 0.4) is 0 Å². The lowest BCUT2D eigenvalue weighted by molar-refractivity contribution is -0.131. The number of amides is 2. The predicted octanol–water partition coefficient (Wildman–Crippen LogP) is 2.82. The first kappa shape index (κ1) is 20.7. The molecule has 0 bridgehead atoms. The monoisotopic (exact) mass is 419 g/mol. The number of hydrogen-bond acceptors (Lipinski definition) is 4. The number of aryl methyl sites for hydroxylation is 1. The van der Waals surface area contributed by atoms with Crippen LogP contribution in [0.1, 0.15) is 15.9 Å². The van der Waals surface area contributed by atoms with Crippen molar-refractivity contribution in [1.29, 1.82) is 0 Å². The Labute approximate surface area is 180 Å². The summed E-state index contributed by atoms with van der Waals surface area (Å²) in [6.45, 7) is 1.95. The fourth-order valence-corrected chi connectivity index (χ4v) is 3.67. The topological polar surface area (TPSA) is 72.8 Å². The lowest BCUT2D eigenvalue weighted by Gasteiger charge is -2.27. The van der Waals surface area contributed by atoms with Crippen LogP contribution in [0.15, 0.2) is 60.4 Å². The van der Waals surface area contributed by atoms with E-state index >= 15 is 0 Å². The van der Waals surface area contributed by atoms with Crippen LogP contribution in [-0.4, -0.2) is 54.7 Å². The molecule has 1 aromatic heterocycles. The molecule has 0 atom stereocenters. The number of morpholine rings is 1. The van der Waals surface area contributed by atoms with E-state index in [4.69, 9.17) is 9.47 Å². The van der Waals surface area contributed by atoms with E-state index in [0.29, 0.717) is 37.6 Å². The molecule has 0 aliphatic carbocycles. The first-order valence-corrected chi connectivity index (χ1v) is 10.1. The third-order valence-corrected chi connectivity index (χ3v) is 5.36.